The van der Waals surface area contributed by atoms with Crippen LogP contribution in [0, 0.1) is 34.5 Å². The number of aliphatic hydroxyl groups is 1. The summed E-state index contributed by atoms with van der Waals surface area (Å²) < 4.78 is 12.1. The van der Waals surface area contributed by atoms with Gasteiger partial charge < -0.3 is 35.4 Å². The molecule has 57 heavy (non-hydrogen) atoms. The molecule has 3 fully saturated rings. The Labute approximate surface area is 331 Å². The number of nitrogens with one attached hydrogen (secondary N) is 2. The molecular formula is C46H50N2O9. The number of carbonyl (C=O) groups excluding carboxylic acids is 4. The number of ketones is 1. The van der Waals surface area contributed by atoms with E-state index in [2.05, 4.69) is 24.5 Å². The molecule has 0 radical (unpaired) electrons. The van der Waals surface area contributed by atoms with Crippen molar-refractivity contribution >= 4 is 23.6 Å². The third-order valence-corrected chi connectivity index (χ3v) is 15.0. The van der Waals surface area contributed by atoms with Gasteiger partial charge in [0.05, 0.1) is 11.7 Å². The first-order valence-electron chi connectivity index (χ1n) is 20.5. The number of allylic oxidation sites excluding steroid dienone is 1. The van der Waals surface area contributed by atoms with Crippen LogP contribution in [0.1, 0.15) is 115 Å². The largest absolute Gasteiger partial charge is 0.508 e. The number of aliphatic hydroxyl groups excluding tert-OH is 1. The van der Waals surface area contributed by atoms with E-state index in [1.165, 1.54) is 29.8 Å². The predicted molar refractivity (Wildman–Crippen MR) is 209 cm³/mol. The second-order valence-corrected chi connectivity index (χ2v) is 17.7. The topological polar surface area (TPSA) is 171 Å². The number of phenolic OH excluding ortho intramolecular Hbond substituents is 2. The number of fused-ring (bicyclic) bond motifs is 11. The number of hydrogen-bond acceptors (Lipinski definition) is 9. The van der Waals surface area contributed by atoms with E-state index in [0.717, 1.165) is 44.9 Å². The molecule has 0 aromatic heterocycles. The van der Waals surface area contributed by atoms with Gasteiger partial charge in [-0.05, 0) is 134 Å². The summed E-state index contributed by atoms with van der Waals surface area (Å²) in [5.41, 5.74) is 1.65. The Morgan fingerprint density at radius 2 is 1.56 bits per heavy atom. The van der Waals surface area contributed by atoms with Crippen LogP contribution in [0.2, 0.25) is 0 Å². The Bertz CT molecular complexity index is 2180. The lowest BCUT2D eigenvalue weighted by atomic mass is 9.45. The van der Waals surface area contributed by atoms with Gasteiger partial charge in [-0.3, -0.25) is 14.4 Å². The van der Waals surface area contributed by atoms with E-state index in [9.17, 15) is 34.5 Å². The van der Waals surface area contributed by atoms with Gasteiger partial charge in [0, 0.05) is 60.3 Å². The Morgan fingerprint density at radius 3 is 2.30 bits per heavy atom. The Balaban J connectivity index is 0.823. The van der Waals surface area contributed by atoms with Crippen LogP contribution in [-0.2, 0) is 19.9 Å². The molecule has 11 heteroatoms. The van der Waals surface area contributed by atoms with Crippen LogP contribution in [0.4, 0.5) is 0 Å². The highest BCUT2D eigenvalue weighted by atomic mass is 16.6. The summed E-state index contributed by atoms with van der Waals surface area (Å²) >= 11 is 0. The lowest BCUT2D eigenvalue weighted by molar-refractivity contribution is -0.122. The molecule has 1 unspecified atom stereocenters. The van der Waals surface area contributed by atoms with Crippen LogP contribution in [0.5, 0.6) is 23.0 Å². The van der Waals surface area contributed by atoms with Crippen molar-refractivity contribution in [2.24, 2.45) is 34.5 Å². The molecule has 2 amide bonds. The van der Waals surface area contributed by atoms with E-state index in [4.69, 9.17) is 9.47 Å². The number of amides is 2. The molecule has 0 bridgehead atoms. The van der Waals surface area contributed by atoms with Crippen LogP contribution < -0.4 is 15.4 Å². The van der Waals surface area contributed by atoms with Crippen molar-refractivity contribution in [3.05, 3.63) is 94.1 Å². The highest BCUT2D eigenvalue weighted by molar-refractivity contribution is 6.00. The standard InChI is InChI=1S/C46H50N2O9/c1-44-17-16-34-31(33(44)14-15-40(44)52)11-7-27-22-30(51)21-26(45(27,34)2)4-3-5-41(53)47-18-19-48-42(54)25-6-10-32-37(20-25)46(57-43(32)55)35-12-8-28(49)23-38(35)56-39-24-29(50)9-13-36(39)46/h6,8-10,12-13,20,22-24,26,31,33-34,40,49-50,52H,3-5,7,11,14-19,21H2,1-2H3,(H,47,53)(H,48,54)/t26-,31?,33-,34-,40-,44-,45-/m0/s1. The summed E-state index contributed by atoms with van der Waals surface area (Å²) in [4.78, 5) is 52.7. The van der Waals surface area contributed by atoms with Crippen LogP contribution in [0.15, 0.2) is 66.2 Å². The van der Waals surface area contributed by atoms with Crippen molar-refractivity contribution in [3.63, 3.8) is 0 Å². The number of hydrogen-bond donors (Lipinski definition) is 5. The van der Waals surface area contributed by atoms with Gasteiger partial charge in [-0.25, -0.2) is 4.79 Å². The summed E-state index contributed by atoms with van der Waals surface area (Å²) in [6, 6.07) is 13.7. The van der Waals surface area contributed by atoms with Gasteiger partial charge in [0.25, 0.3) is 5.91 Å². The maximum absolute atomic E-state index is 13.5. The third kappa shape index (κ3) is 5.86. The van der Waals surface area contributed by atoms with Gasteiger partial charge in [0.1, 0.15) is 23.0 Å². The number of benzene rings is 3. The smallest absolute Gasteiger partial charge is 0.340 e. The van der Waals surface area contributed by atoms with Gasteiger partial charge in [0.15, 0.2) is 11.4 Å². The van der Waals surface area contributed by atoms with E-state index in [0.29, 0.717) is 53.7 Å². The van der Waals surface area contributed by atoms with Crippen molar-refractivity contribution in [2.45, 2.75) is 89.8 Å². The molecule has 3 aromatic carbocycles. The molecule has 4 aliphatic carbocycles. The summed E-state index contributed by atoms with van der Waals surface area (Å²) in [6.45, 7) is 5.09. The zero-order chi connectivity index (χ0) is 39.9. The van der Waals surface area contributed by atoms with E-state index < -0.39 is 17.5 Å². The second kappa shape index (κ2) is 13.7. The lowest BCUT2D eigenvalue weighted by Gasteiger charge is -2.60. The van der Waals surface area contributed by atoms with Crippen molar-refractivity contribution in [1.29, 1.82) is 0 Å². The highest BCUT2D eigenvalue weighted by Gasteiger charge is 2.60. The van der Waals surface area contributed by atoms with Crippen molar-refractivity contribution in [3.8, 4) is 23.0 Å². The van der Waals surface area contributed by atoms with E-state index in [-0.39, 0.29) is 81.8 Å². The van der Waals surface area contributed by atoms with Gasteiger partial charge in [-0.1, -0.05) is 19.4 Å². The van der Waals surface area contributed by atoms with Crippen LogP contribution in [0.3, 0.4) is 0 Å². The predicted octanol–water partition coefficient (Wildman–Crippen LogP) is 6.80. The first-order chi connectivity index (χ1) is 27.3. The number of phenols is 2. The van der Waals surface area contributed by atoms with Crippen LogP contribution in [0.25, 0.3) is 0 Å². The summed E-state index contributed by atoms with van der Waals surface area (Å²) in [5, 5.41) is 37.1. The molecule has 7 atom stereocenters. The number of ether oxygens (including phenoxy) is 2. The van der Waals surface area contributed by atoms with Crippen molar-refractivity contribution < 1.29 is 44.0 Å². The highest BCUT2D eigenvalue weighted by Crippen LogP contribution is 2.67. The van der Waals surface area contributed by atoms with E-state index in [1.54, 1.807) is 30.3 Å². The number of rotatable bonds is 8. The molecule has 11 nitrogen and oxygen atoms in total. The van der Waals surface area contributed by atoms with Crippen LogP contribution >= 0.6 is 0 Å². The summed E-state index contributed by atoms with van der Waals surface area (Å²) in [7, 11) is 0. The SMILES string of the molecule is C[C@]12CC[C@H]3C(CCC4=CC(=O)C[C@H](CCCC(=O)NCCNC(=O)c5ccc6c(c5)C5(OC6=O)c6ccc(O)cc6Oc6cc(O)ccc65)[C@@]43C)[C@@H]1CC[C@@H]2O. The second-order valence-electron chi connectivity index (χ2n) is 17.7. The molecule has 5 N–H and O–H groups in total. The van der Waals surface area contributed by atoms with Crippen molar-refractivity contribution in [2.75, 3.05) is 13.1 Å². The van der Waals surface area contributed by atoms with E-state index >= 15 is 0 Å². The monoisotopic (exact) mass is 774 g/mol. The minimum Gasteiger partial charge on any atom is -0.508 e. The molecular weight excluding hydrogens is 725 g/mol. The Kier molecular flexibility index (Phi) is 9.03. The average Bonchev–Trinajstić information content (AvgIpc) is 3.65. The first-order valence-corrected chi connectivity index (χ1v) is 20.5. The quantitative estimate of drug-likeness (QED) is 0.122. The normalized spacial score (nSPS) is 30.0. The number of esters is 1. The maximum atomic E-state index is 13.5. The molecule has 1 spiro atoms. The zero-order valence-electron chi connectivity index (χ0n) is 32.4. The third-order valence-electron chi connectivity index (χ3n) is 15.0. The number of aromatic hydroxyl groups is 2. The fourth-order valence-electron chi connectivity index (χ4n) is 12.1. The molecule has 9 rings (SSSR count). The lowest BCUT2D eigenvalue weighted by Crippen LogP contribution is -2.54. The minimum atomic E-state index is -1.49. The minimum absolute atomic E-state index is 0.00109. The fraction of sp³-hybridized carbons (Fsp3) is 0.478. The molecule has 6 aliphatic rings. The van der Waals surface area contributed by atoms with Gasteiger partial charge >= 0.3 is 5.97 Å². The van der Waals surface area contributed by atoms with Gasteiger partial charge in [-0.15, -0.1) is 0 Å². The molecule has 0 saturated heterocycles. The average molecular weight is 775 g/mol. The molecule has 2 aliphatic heterocycles. The fourth-order valence-corrected chi connectivity index (χ4v) is 12.1. The molecule has 2 heterocycles. The Hall–Kier alpha value is -5.16. The number of carbonyl (C=O) groups is 4. The van der Waals surface area contributed by atoms with Gasteiger partial charge in [-0.2, -0.15) is 0 Å². The van der Waals surface area contributed by atoms with Crippen LogP contribution in [-0.4, -0.2) is 58.1 Å². The molecule has 3 saturated carbocycles. The first kappa shape index (κ1) is 37.4. The summed E-state index contributed by atoms with van der Waals surface area (Å²) in [5.74, 6) is 1.25. The van der Waals surface area contributed by atoms with Crippen molar-refractivity contribution in [1.82, 2.24) is 10.6 Å². The van der Waals surface area contributed by atoms with Gasteiger partial charge in [0.2, 0.25) is 5.91 Å². The van der Waals surface area contributed by atoms with E-state index in [1.807, 2.05) is 6.08 Å². The zero-order valence-corrected chi connectivity index (χ0v) is 32.4. The molecule has 3 aromatic rings. The molecule has 298 valence electrons. The summed E-state index contributed by atoms with van der Waals surface area (Å²) in [6.07, 6.45) is 10.1. The Morgan fingerprint density at radius 1 is 0.842 bits per heavy atom. The maximum Gasteiger partial charge on any atom is 0.340 e.